The Balaban J connectivity index is 1.76. The summed E-state index contributed by atoms with van der Waals surface area (Å²) in [5.74, 6) is -1.74. The smallest absolute Gasteiger partial charge is 0.315 e. The molecule has 0 aromatic carbocycles. The molecular formula is C34H58N6O6. The van der Waals surface area contributed by atoms with Crippen LogP contribution < -0.4 is 26.6 Å². The molecule has 3 rings (SSSR count). The molecule has 12 nitrogen and oxygen atoms in total. The fraction of sp³-hybridized carbons (Fsp3) is 0.824. The second-order valence-corrected chi connectivity index (χ2v) is 16.8. The molecule has 3 fully saturated rings. The van der Waals surface area contributed by atoms with Gasteiger partial charge in [-0.2, -0.15) is 0 Å². The number of piperidine rings is 1. The van der Waals surface area contributed by atoms with Crippen LogP contribution in [0.5, 0.6) is 0 Å². The Kier molecular flexibility index (Phi) is 11.3. The van der Waals surface area contributed by atoms with Crippen LogP contribution in [0.2, 0.25) is 0 Å². The predicted molar refractivity (Wildman–Crippen MR) is 176 cm³/mol. The lowest BCUT2D eigenvalue weighted by Crippen LogP contribution is -2.62. The summed E-state index contributed by atoms with van der Waals surface area (Å²) in [6, 6.07) is -4.00. The lowest BCUT2D eigenvalue weighted by atomic mass is 9.79. The SMILES string of the molecule is CC(=O)C(=O)C(CC1CCC1)NC(=O)[C@@H]1[C@@H]2[C@H](CN1C(=O)[C@@H](NC(=O)N[C@H](CNC(=O)NC(C)(C)C)C(C)C)C(C)(C)C)C2(C)C. The maximum atomic E-state index is 14.3. The fourth-order valence-corrected chi connectivity index (χ4v) is 6.81. The summed E-state index contributed by atoms with van der Waals surface area (Å²) >= 11 is 0. The minimum absolute atomic E-state index is 0.0175. The van der Waals surface area contributed by atoms with Gasteiger partial charge in [0, 0.05) is 25.6 Å². The lowest BCUT2D eigenvalue weighted by Gasteiger charge is -2.38. The Morgan fingerprint density at radius 2 is 1.50 bits per heavy atom. The maximum Gasteiger partial charge on any atom is 0.315 e. The number of ketones is 2. The molecule has 46 heavy (non-hydrogen) atoms. The van der Waals surface area contributed by atoms with Gasteiger partial charge in [-0.3, -0.25) is 19.2 Å². The van der Waals surface area contributed by atoms with Crippen LogP contribution >= 0.6 is 0 Å². The molecule has 0 radical (unpaired) electrons. The zero-order valence-corrected chi connectivity index (χ0v) is 29.8. The molecule has 0 aromatic rings. The number of rotatable bonds is 12. The van der Waals surface area contributed by atoms with Crippen LogP contribution in [0.15, 0.2) is 0 Å². The lowest BCUT2D eigenvalue weighted by molar-refractivity contribution is -0.145. The van der Waals surface area contributed by atoms with Crippen molar-refractivity contribution in [3.8, 4) is 0 Å². The summed E-state index contributed by atoms with van der Waals surface area (Å²) in [7, 11) is 0. The van der Waals surface area contributed by atoms with E-state index < -0.39 is 58.6 Å². The molecule has 1 saturated heterocycles. The molecule has 1 heterocycles. The molecule has 1 aliphatic heterocycles. The first kappa shape index (κ1) is 37.3. The van der Waals surface area contributed by atoms with Crippen LogP contribution in [0.1, 0.15) is 102 Å². The van der Waals surface area contributed by atoms with E-state index >= 15 is 0 Å². The minimum Gasteiger partial charge on any atom is -0.344 e. The Labute approximate surface area is 274 Å². The number of carbonyl (C=O) groups excluding carboxylic acids is 6. The number of Topliss-reactive ketones (excluding diaryl/α,β-unsaturated/α-hetero) is 2. The second-order valence-electron chi connectivity index (χ2n) is 16.8. The summed E-state index contributed by atoms with van der Waals surface area (Å²) in [4.78, 5) is 80.3. The first-order chi connectivity index (χ1) is 21.0. The van der Waals surface area contributed by atoms with Crippen molar-refractivity contribution in [2.45, 2.75) is 132 Å². The average Bonchev–Trinajstić information content (AvgIpc) is 3.20. The van der Waals surface area contributed by atoms with Crippen LogP contribution in [-0.4, -0.2) is 83.1 Å². The summed E-state index contributed by atoms with van der Waals surface area (Å²) in [5.41, 5.74) is -1.28. The van der Waals surface area contributed by atoms with E-state index in [0.717, 1.165) is 19.3 Å². The van der Waals surface area contributed by atoms with E-state index in [1.165, 1.54) is 6.92 Å². The van der Waals surface area contributed by atoms with E-state index in [2.05, 4.69) is 40.4 Å². The molecule has 0 bridgehead atoms. The van der Waals surface area contributed by atoms with Gasteiger partial charge in [-0.1, -0.05) is 67.7 Å². The standard InChI is InChI=1S/C34H58N6O6/c1-18(2)23(16-35-30(45)39-33(7,8)9)37-31(46)38-27(32(4,5)6)29(44)40-17-21-24(34(21,10)11)25(40)28(43)36-22(26(42)19(3)41)15-20-13-12-14-20/h18,20-25,27H,12-17H2,1-11H3,(H,36,43)(H2,35,39,45)(H2,37,38,46)/t21-,22?,23+,24-,25-,27+/m0/s1. The van der Waals surface area contributed by atoms with Crippen LogP contribution in [0.25, 0.3) is 0 Å². The van der Waals surface area contributed by atoms with Crippen molar-refractivity contribution < 1.29 is 28.8 Å². The number of hydrogen-bond acceptors (Lipinski definition) is 6. The molecule has 12 heteroatoms. The van der Waals surface area contributed by atoms with E-state index in [4.69, 9.17) is 0 Å². The van der Waals surface area contributed by atoms with E-state index in [-0.39, 0.29) is 47.6 Å². The van der Waals surface area contributed by atoms with E-state index in [1.807, 2.05) is 55.4 Å². The van der Waals surface area contributed by atoms with Gasteiger partial charge in [-0.05, 0) is 61.7 Å². The quantitative estimate of drug-likeness (QED) is 0.204. The van der Waals surface area contributed by atoms with Gasteiger partial charge < -0.3 is 31.5 Å². The Bertz CT molecular complexity index is 1200. The normalized spacial score (nSPS) is 24.1. The van der Waals surface area contributed by atoms with Gasteiger partial charge in [-0.15, -0.1) is 0 Å². The van der Waals surface area contributed by atoms with Crippen LogP contribution in [0.3, 0.4) is 0 Å². The maximum absolute atomic E-state index is 14.3. The summed E-state index contributed by atoms with van der Waals surface area (Å²) in [5, 5.41) is 14.3. The monoisotopic (exact) mass is 646 g/mol. The third kappa shape index (κ3) is 9.00. The molecule has 6 atom stereocenters. The number of nitrogens with one attached hydrogen (secondary N) is 5. The van der Waals surface area contributed by atoms with Gasteiger partial charge in [0.1, 0.15) is 12.1 Å². The van der Waals surface area contributed by atoms with Gasteiger partial charge in [0.2, 0.25) is 17.6 Å². The van der Waals surface area contributed by atoms with Crippen molar-refractivity contribution in [3.63, 3.8) is 0 Å². The number of urea groups is 2. The molecule has 2 saturated carbocycles. The highest BCUT2D eigenvalue weighted by Gasteiger charge is 2.70. The summed E-state index contributed by atoms with van der Waals surface area (Å²) < 4.78 is 0. The van der Waals surface area contributed by atoms with E-state index in [9.17, 15) is 28.8 Å². The molecule has 0 spiro atoms. The molecule has 1 unspecified atom stereocenters. The summed E-state index contributed by atoms with van der Waals surface area (Å²) in [6.07, 6.45) is 3.40. The van der Waals surface area contributed by atoms with Crippen molar-refractivity contribution >= 4 is 35.4 Å². The molecule has 0 aromatic heterocycles. The first-order valence-corrected chi connectivity index (χ1v) is 16.8. The Hall–Kier alpha value is -3.18. The predicted octanol–water partition coefficient (Wildman–Crippen LogP) is 3.14. The van der Waals surface area contributed by atoms with Gasteiger partial charge in [0.25, 0.3) is 0 Å². The zero-order chi connectivity index (χ0) is 34.9. The highest BCUT2D eigenvalue weighted by Crippen LogP contribution is 2.65. The van der Waals surface area contributed by atoms with E-state index in [0.29, 0.717) is 13.0 Å². The van der Waals surface area contributed by atoms with Gasteiger partial charge in [0.15, 0.2) is 5.78 Å². The van der Waals surface area contributed by atoms with Crippen molar-refractivity contribution in [1.29, 1.82) is 0 Å². The molecule has 260 valence electrons. The van der Waals surface area contributed by atoms with E-state index in [1.54, 1.807) is 4.90 Å². The van der Waals surface area contributed by atoms with Crippen molar-refractivity contribution in [3.05, 3.63) is 0 Å². The summed E-state index contributed by atoms with van der Waals surface area (Å²) in [6.45, 7) is 21.0. The number of hydrogen-bond donors (Lipinski definition) is 5. The fourth-order valence-electron chi connectivity index (χ4n) is 6.81. The van der Waals surface area contributed by atoms with Crippen LogP contribution in [-0.2, 0) is 19.2 Å². The third-order valence-electron chi connectivity index (χ3n) is 10.0. The number of amides is 6. The van der Waals surface area contributed by atoms with Gasteiger partial charge in [-0.25, -0.2) is 9.59 Å². The molecular weight excluding hydrogens is 588 g/mol. The van der Waals surface area contributed by atoms with Crippen molar-refractivity contribution in [2.24, 2.45) is 34.5 Å². The number of nitrogens with zero attached hydrogens (tertiary/aromatic N) is 1. The largest absolute Gasteiger partial charge is 0.344 e. The topological polar surface area (TPSA) is 166 Å². The number of fused-ring (bicyclic) bond motifs is 1. The van der Waals surface area contributed by atoms with Gasteiger partial charge in [0.05, 0.1) is 12.1 Å². The average molecular weight is 647 g/mol. The van der Waals surface area contributed by atoms with Gasteiger partial charge >= 0.3 is 12.1 Å². The first-order valence-electron chi connectivity index (χ1n) is 16.8. The Morgan fingerprint density at radius 3 is 1.98 bits per heavy atom. The molecule has 5 N–H and O–H groups in total. The van der Waals surface area contributed by atoms with Crippen LogP contribution in [0.4, 0.5) is 9.59 Å². The zero-order valence-electron chi connectivity index (χ0n) is 29.8. The van der Waals surface area contributed by atoms with Crippen molar-refractivity contribution in [2.75, 3.05) is 13.1 Å². The number of likely N-dealkylation sites (tertiary alicyclic amines) is 1. The Morgan fingerprint density at radius 1 is 0.891 bits per heavy atom. The van der Waals surface area contributed by atoms with Crippen molar-refractivity contribution in [1.82, 2.24) is 31.5 Å². The second kappa shape index (κ2) is 13.9. The third-order valence-corrected chi connectivity index (χ3v) is 10.0. The molecule has 6 amide bonds. The number of carbonyl (C=O) groups is 6. The molecule has 2 aliphatic carbocycles. The highest BCUT2D eigenvalue weighted by atomic mass is 16.2. The minimum atomic E-state index is -0.960. The van der Waals surface area contributed by atoms with Crippen LogP contribution in [0, 0.1) is 34.5 Å². The molecule has 3 aliphatic rings. The highest BCUT2D eigenvalue weighted by molar-refractivity contribution is 6.38.